The van der Waals surface area contributed by atoms with Crippen LogP contribution < -0.4 is 0 Å². The molecule has 0 heterocycles. The zero-order valence-electron chi connectivity index (χ0n) is 20.5. The van der Waals surface area contributed by atoms with Crippen LogP contribution in [-0.4, -0.2) is 5.78 Å². The predicted molar refractivity (Wildman–Crippen MR) is 137 cm³/mol. The highest BCUT2D eigenvalue weighted by atomic mass is 16.1. The van der Waals surface area contributed by atoms with Gasteiger partial charge in [-0.2, -0.15) is 0 Å². The molecule has 0 saturated carbocycles. The predicted octanol–water partition coefficient (Wildman–Crippen LogP) is 8.60. The highest BCUT2D eigenvalue weighted by Crippen LogP contribution is 2.42. The Balaban J connectivity index is 1.97. The molecule has 0 radical (unpaired) electrons. The van der Waals surface area contributed by atoms with E-state index >= 15 is 0 Å². The van der Waals surface area contributed by atoms with Gasteiger partial charge in [0.1, 0.15) is 0 Å². The third kappa shape index (κ3) is 5.68. The molecule has 0 saturated heterocycles. The average Bonchev–Trinajstić information content (AvgIpc) is 2.79. The van der Waals surface area contributed by atoms with Crippen LogP contribution in [-0.2, 0) is 10.2 Å². The Labute approximate surface area is 195 Å². The van der Waals surface area contributed by atoms with Crippen LogP contribution in [0.5, 0.6) is 0 Å². The van der Waals surface area contributed by atoms with E-state index in [1.165, 1.54) is 48.0 Å². The van der Waals surface area contributed by atoms with Crippen molar-refractivity contribution >= 4 is 5.78 Å². The van der Waals surface area contributed by atoms with Gasteiger partial charge in [-0.05, 0) is 60.8 Å². The molecule has 0 spiro atoms. The molecule has 0 N–H and O–H groups in total. The molecule has 32 heavy (non-hydrogen) atoms. The summed E-state index contributed by atoms with van der Waals surface area (Å²) in [5.41, 5.74) is 5.15. The van der Waals surface area contributed by atoms with Crippen LogP contribution in [0.4, 0.5) is 0 Å². The lowest BCUT2D eigenvalue weighted by Crippen LogP contribution is -2.30. The lowest BCUT2D eigenvalue weighted by Gasteiger charge is -2.35. The molecule has 0 amide bonds. The van der Waals surface area contributed by atoms with Crippen LogP contribution in [0.15, 0.2) is 84.0 Å². The topological polar surface area (TPSA) is 17.1 Å². The van der Waals surface area contributed by atoms with Gasteiger partial charge < -0.3 is 0 Å². The van der Waals surface area contributed by atoms with Crippen molar-refractivity contribution in [2.24, 2.45) is 5.41 Å². The van der Waals surface area contributed by atoms with Crippen LogP contribution in [0, 0.1) is 5.41 Å². The van der Waals surface area contributed by atoms with Gasteiger partial charge in [-0.25, -0.2) is 0 Å². The number of carbonyl (C=O) groups excluding carboxylic acids is 1. The maximum Gasteiger partial charge on any atom is 0.156 e. The molecule has 170 valence electrons. The summed E-state index contributed by atoms with van der Waals surface area (Å²) in [5.74, 6) is 0.218. The normalized spacial score (nSPS) is 16.5. The zero-order valence-corrected chi connectivity index (χ0v) is 20.5. The minimum absolute atomic E-state index is 0.149. The van der Waals surface area contributed by atoms with Crippen molar-refractivity contribution in [3.63, 3.8) is 0 Å². The average molecular weight is 429 g/mol. The van der Waals surface area contributed by atoms with Crippen molar-refractivity contribution in [3.05, 3.63) is 95.1 Å². The molecule has 2 aromatic carbocycles. The number of benzene rings is 2. The van der Waals surface area contributed by atoms with E-state index in [1.54, 1.807) is 0 Å². The third-order valence-corrected chi connectivity index (χ3v) is 7.31. The van der Waals surface area contributed by atoms with E-state index in [1.807, 2.05) is 6.08 Å². The third-order valence-electron chi connectivity index (χ3n) is 7.31. The minimum Gasteiger partial charge on any atom is -0.295 e. The summed E-state index contributed by atoms with van der Waals surface area (Å²) in [4.78, 5) is 13.5. The van der Waals surface area contributed by atoms with Crippen LogP contribution in [0.25, 0.3) is 0 Å². The van der Waals surface area contributed by atoms with E-state index in [-0.39, 0.29) is 16.6 Å². The molecule has 0 atom stereocenters. The zero-order chi connectivity index (χ0) is 23.0. The standard InChI is InChI=1S/C31H40O/c1-5-6-13-23-31(26-16-9-7-10-17-26,27-18-11-8-12-19-27)24-28(32)20-21-29-25(2)15-14-22-30(29,3)4/h7-12,16-21H,5-6,13-15,22-24H2,1-4H3/b21-20+. The number of rotatable bonds is 10. The molecule has 0 unspecified atom stereocenters. The van der Waals surface area contributed by atoms with E-state index < -0.39 is 0 Å². The lowest BCUT2D eigenvalue weighted by molar-refractivity contribution is -0.115. The summed E-state index contributed by atoms with van der Waals surface area (Å²) in [6.07, 6.45) is 12.5. The van der Waals surface area contributed by atoms with E-state index in [2.05, 4.69) is 94.4 Å². The van der Waals surface area contributed by atoms with Crippen molar-refractivity contribution in [1.82, 2.24) is 0 Å². The number of hydrogen-bond donors (Lipinski definition) is 0. The Bertz CT molecular complexity index is 891. The van der Waals surface area contributed by atoms with Gasteiger partial charge in [0.15, 0.2) is 5.78 Å². The summed E-state index contributed by atoms with van der Waals surface area (Å²) in [7, 11) is 0. The number of unbranched alkanes of at least 4 members (excludes halogenated alkanes) is 2. The molecule has 2 aromatic rings. The molecule has 3 rings (SSSR count). The van der Waals surface area contributed by atoms with Gasteiger partial charge in [0.05, 0.1) is 0 Å². The second-order valence-corrected chi connectivity index (χ2v) is 10.2. The van der Waals surface area contributed by atoms with Crippen molar-refractivity contribution < 1.29 is 4.79 Å². The highest BCUT2D eigenvalue weighted by molar-refractivity contribution is 5.91. The van der Waals surface area contributed by atoms with Gasteiger partial charge in [0.25, 0.3) is 0 Å². The summed E-state index contributed by atoms with van der Waals surface area (Å²) in [5, 5.41) is 0. The van der Waals surface area contributed by atoms with E-state index in [4.69, 9.17) is 0 Å². The molecule has 0 fully saturated rings. The van der Waals surface area contributed by atoms with E-state index in [0.29, 0.717) is 6.42 Å². The summed E-state index contributed by atoms with van der Waals surface area (Å²) in [6, 6.07) is 21.3. The summed E-state index contributed by atoms with van der Waals surface area (Å²) in [6.45, 7) is 9.09. The van der Waals surface area contributed by atoms with Crippen LogP contribution in [0.2, 0.25) is 0 Å². The van der Waals surface area contributed by atoms with E-state index in [0.717, 1.165) is 19.3 Å². The smallest absolute Gasteiger partial charge is 0.156 e. The summed E-state index contributed by atoms with van der Waals surface area (Å²) >= 11 is 0. The largest absolute Gasteiger partial charge is 0.295 e. The Hall–Kier alpha value is -2.41. The number of ketones is 1. The van der Waals surface area contributed by atoms with Crippen LogP contribution in [0.1, 0.15) is 90.2 Å². The molecular weight excluding hydrogens is 388 g/mol. The van der Waals surface area contributed by atoms with Crippen LogP contribution in [0.3, 0.4) is 0 Å². The maximum absolute atomic E-state index is 13.5. The van der Waals surface area contributed by atoms with Gasteiger partial charge in [0, 0.05) is 11.8 Å². The molecule has 0 aliphatic heterocycles. The molecule has 0 aromatic heterocycles. The second kappa shape index (κ2) is 10.9. The summed E-state index contributed by atoms with van der Waals surface area (Å²) < 4.78 is 0. The van der Waals surface area contributed by atoms with Gasteiger partial charge in [-0.3, -0.25) is 4.79 Å². The first kappa shape index (κ1) is 24.2. The molecular formula is C31H40O. The van der Waals surface area contributed by atoms with E-state index in [9.17, 15) is 4.79 Å². The Kier molecular flexibility index (Phi) is 8.29. The lowest BCUT2D eigenvalue weighted by atomic mass is 9.67. The number of allylic oxidation sites excluding steroid dienone is 4. The molecule has 1 aliphatic rings. The highest BCUT2D eigenvalue weighted by Gasteiger charge is 2.35. The second-order valence-electron chi connectivity index (χ2n) is 10.2. The van der Waals surface area contributed by atoms with Gasteiger partial charge in [0.2, 0.25) is 0 Å². The Morgan fingerprint density at radius 2 is 1.56 bits per heavy atom. The first-order chi connectivity index (χ1) is 15.4. The van der Waals surface area contributed by atoms with Crippen molar-refractivity contribution in [3.8, 4) is 0 Å². The minimum atomic E-state index is -0.287. The first-order valence-electron chi connectivity index (χ1n) is 12.4. The monoisotopic (exact) mass is 428 g/mol. The molecule has 1 aliphatic carbocycles. The van der Waals surface area contributed by atoms with Crippen molar-refractivity contribution in [1.29, 1.82) is 0 Å². The fourth-order valence-corrected chi connectivity index (χ4v) is 5.48. The SMILES string of the molecule is CCCCCC(CC(=O)/C=C/C1=C(C)CCCC1(C)C)(c1ccccc1)c1ccccc1. The fraction of sp³-hybridized carbons (Fsp3) is 0.452. The molecule has 1 heteroatoms. The number of carbonyl (C=O) groups is 1. The Morgan fingerprint density at radius 3 is 2.09 bits per heavy atom. The first-order valence-corrected chi connectivity index (χ1v) is 12.4. The Morgan fingerprint density at radius 1 is 0.969 bits per heavy atom. The quantitative estimate of drug-likeness (QED) is 0.273. The molecule has 0 bridgehead atoms. The van der Waals surface area contributed by atoms with Crippen molar-refractivity contribution in [2.45, 2.75) is 84.5 Å². The van der Waals surface area contributed by atoms with Crippen molar-refractivity contribution in [2.75, 3.05) is 0 Å². The van der Waals surface area contributed by atoms with Gasteiger partial charge in [-0.1, -0.05) is 112 Å². The van der Waals surface area contributed by atoms with Crippen LogP contribution >= 0.6 is 0 Å². The maximum atomic E-state index is 13.5. The number of hydrogen-bond acceptors (Lipinski definition) is 1. The molecule has 1 nitrogen and oxygen atoms in total. The van der Waals surface area contributed by atoms with Gasteiger partial charge in [-0.15, -0.1) is 0 Å². The van der Waals surface area contributed by atoms with Gasteiger partial charge >= 0.3 is 0 Å². The fourth-order valence-electron chi connectivity index (χ4n) is 5.48.